The molecule has 0 spiro atoms. The molecule has 2 rings (SSSR count). The van der Waals surface area contributed by atoms with Crippen LogP contribution in [0, 0.1) is 5.92 Å². The van der Waals surface area contributed by atoms with Gasteiger partial charge < -0.3 is 15.0 Å². The maximum Gasteiger partial charge on any atom is 0.313 e. The van der Waals surface area contributed by atoms with Crippen LogP contribution in [0.1, 0.15) is 19.8 Å². The summed E-state index contributed by atoms with van der Waals surface area (Å²) in [7, 11) is -3.83. The molecule has 1 aromatic carbocycles. The van der Waals surface area contributed by atoms with Crippen LogP contribution in [0.15, 0.2) is 29.2 Å². The van der Waals surface area contributed by atoms with E-state index in [1.165, 1.54) is 29.2 Å². The summed E-state index contributed by atoms with van der Waals surface area (Å²) >= 11 is 0. The third-order valence-electron chi connectivity index (χ3n) is 3.96. The number of nitrogens with one attached hydrogen (secondary N) is 1. The molecule has 1 aromatic rings. The van der Waals surface area contributed by atoms with Gasteiger partial charge in [0.2, 0.25) is 10.0 Å². The van der Waals surface area contributed by atoms with Gasteiger partial charge >= 0.3 is 17.8 Å². The smallest absolute Gasteiger partial charge is 0.313 e. The first-order chi connectivity index (χ1) is 12.2. The third-order valence-corrected chi connectivity index (χ3v) is 4.89. The van der Waals surface area contributed by atoms with Crippen LogP contribution in [0.25, 0.3) is 0 Å². The number of anilines is 1. The highest BCUT2D eigenvalue weighted by atomic mass is 32.2. The lowest BCUT2D eigenvalue weighted by Crippen LogP contribution is -2.47. The lowest BCUT2D eigenvalue weighted by Gasteiger charge is -2.30. The highest BCUT2D eigenvalue weighted by molar-refractivity contribution is 7.89. The van der Waals surface area contributed by atoms with Crippen molar-refractivity contribution in [1.29, 1.82) is 0 Å². The molecule has 1 aliphatic rings. The maximum atomic E-state index is 12.3. The van der Waals surface area contributed by atoms with Gasteiger partial charge in [0.25, 0.3) is 0 Å². The summed E-state index contributed by atoms with van der Waals surface area (Å²) < 4.78 is 27.4. The van der Waals surface area contributed by atoms with Crippen molar-refractivity contribution in [2.24, 2.45) is 11.1 Å². The van der Waals surface area contributed by atoms with E-state index in [4.69, 9.17) is 9.88 Å². The fraction of sp³-hybridized carbons (Fsp3) is 0.438. The minimum atomic E-state index is -3.83. The van der Waals surface area contributed by atoms with E-state index in [0.717, 1.165) is 0 Å². The Morgan fingerprint density at radius 2 is 1.92 bits per heavy atom. The van der Waals surface area contributed by atoms with Gasteiger partial charge in [-0.3, -0.25) is 14.4 Å². The molecule has 1 atom stereocenters. The Labute approximate surface area is 151 Å². The van der Waals surface area contributed by atoms with Crippen LogP contribution < -0.4 is 10.5 Å². The van der Waals surface area contributed by atoms with E-state index in [1.807, 2.05) is 0 Å². The van der Waals surface area contributed by atoms with Gasteiger partial charge in [-0.2, -0.15) is 0 Å². The van der Waals surface area contributed by atoms with Crippen molar-refractivity contribution in [3.05, 3.63) is 24.3 Å². The second-order valence-corrected chi connectivity index (χ2v) is 7.43. The van der Waals surface area contributed by atoms with Crippen molar-refractivity contribution >= 4 is 33.5 Å². The molecule has 9 nitrogen and oxygen atoms in total. The van der Waals surface area contributed by atoms with Gasteiger partial charge in [-0.05, 0) is 44.0 Å². The van der Waals surface area contributed by atoms with Gasteiger partial charge in [-0.1, -0.05) is 0 Å². The summed E-state index contributed by atoms with van der Waals surface area (Å²) in [5.74, 6) is -2.43. The molecule has 1 fully saturated rings. The van der Waals surface area contributed by atoms with E-state index in [-0.39, 0.29) is 29.7 Å². The highest BCUT2D eigenvalue weighted by Gasteiger charge is 2.32. The van der Waals surface area contributed by atoms with Gasteiger partial charge in [0.15, 0.2) is 0 Å². The summed E-state index contributed by atoms with van der Waals surface area (Å²) in [6.07, 6.45) is 1.21. The number of carbonyl (C=O) groups is 3. The molecular formula is C16H21N3O6S. The van der Waals surface area contributed by atoms with Crippen molar-refractivity contribution in [3.8, 4) is 0 Å². The number of primary sulfonamides is 1. The first kappa shape index (κ1) is 19.9. The van der Waals surface area contributed by atoms with E-state index in [9.17, 15) is 22.8 Å². The second-order valence-electron chi connectivity index (χ2n) is 5.87. The molecule has 26 heavy (non-hydrogen) atoms. The van der Waals surface area contributed by atoms with E-state index < -0.39 is 27.8 Å². The van der Waals surface area contributed by atoms with E-state index >= 15 is 0 Å². The predicted octanol–water partition coefficient (Wildman–Crippen LogP) is 0.0742. The fourth-order valence-electron chi connectivity index (χ4n) is 2.67. The SMILES string of the molecule is CCOC(=O)C1CCCN(C(=O)C(=O)Nc2ccc(S(N)(=O)=O)cc2)C1. The molecule has 1 saturated heterocycles. The van der Waals surface area contributed by atoms with Crippen LogP contribution in [0.5, 0.6) is 0 Å². The van der Waals surface area contributed by atoms with Gasteiger partial charge in [0.05, 0.1) is 17.4 Å². The van der Waals surface area contributed by atoms with Crippen LogP contribution in [-0.4, -0.2) is 50.8 Å². The number of hydrogen-bond acceptors (Lipinski definition) is 6. The molecule has 2 amide bonds. The number of carbonyl (C=O) groups excluding carboxylic acids is 3. The Hall–Kier alpha value is -2.46. The van der Waals surface area contributed by atoms with Crippen LogP contribution in [0.3, 0.4) is 0 Å². The molecule has 3 N–H and O–H groups in total. The fourth-order valence-corrected chi connectivity index (χ4v) is 3.19. The lowest BCUT2D eigenvalue weighted by molar-refractivity contribution is -0.153. The molecule has 1 unspecified atom stereocenters. The molecule has 10 heteroatoms. The minimum Gasteiger partial charge on any atom is -0.466 e. The monoisotopic (exact) mass is 383 g/mol. The van der Waals surface area contributed by atoms with E-state index in [1.54, 1.807) is 6.92 Å². The number of rotatable bonds is 4. The zero-order chi connectivity index (χ0) is 19.3. The Bertz CT molecular complexity index is 791. The first-order valence-corrected chi connectivity index (χ1v) is 9.66. The van der Waals surface area contributed by atoms with Crippen LogP contribution >= 0.6 is 0 Å². The lowest BCUT2D eigenvalue weighted by atomic mass is 9.98. The number of nitrogens with two attached hydrogens (primary N) is 1. The minimum absolute atomic E-state index is 0.102. The standard InChI is InChI=1S/C16H21N3O6S/c1-2-25-16(22)11-4-3-9-19(10-11)15(21)14(20)18-12-5-7-13(8-6-12)26(17,23)24/h5-8,11H,2-4,9-10H2,1H3,(H,18,20)(H2,17,23,24). The number of sulfonamides is 1. The quantitative estimate of drug-likeness (QED) is 0.558. The Morgan fingerprint density at radius 3 is 2.50 bits per heavy atom. The molecule has 1 aliphatic heterocycles. The molecule has 1 heterocycles. The number of likely N-dealkylation sites (tertiary alicyclic amines) is 1. The van der Waals surface area contributed by atoms with Crippen molar-refractivity contribution in [3.63, 3.8) is 0 Å². The van der Waals surface area contributed by atoms with Crippen molar-refractivity contribution in [1.82, 2.24) is 4.90 Å². The molecule has 0 aliphatic carbocycles. The number of amides is 2. The van der Waals surface area contributed by atoms with Gasteiger partial charge in [-0.15, -0.1) is 0 Å². The van der Waals surface area contributed by atoms with Crippen LogP contribution in [0.2, 0.25) is 0 Å². The third kappa shape index (κ3) is 5.02. The van der Waals surface area contributed by atoms with Crippen LogP contribution in [-0.2, 0) is 29.1 Å². The number of hydrogen-bond donors (Lipinski definition) is 2. The molecule has 0 radical (unpaired) electrons. The normalized spacial score (nSPS) is 17.5. The van der Waals surface area contributed by atoms with E-state index in [0.29, 0.717) is 19.4 Å². The summed E-state index contributed by atoms with van der Waals surface area (Å²) in [5.41, 5.74) is 0.259. The van der Waals surface area contributed by atoms with Gasteiger partial charge in [-0.25, -0.2) is 13.6 Å². The number of nitrogens with zero attached hydrogens (tertiary/aromatic N) is 1. The van der Waals surface area contributed by atoms with E-state index in [2.05, 4.69) is 5.32 Å². The average molecular weight is 383 g/mol. The van der Waals surface area contributed by atoms with Crippen LogP contribution in [0.4, 0.5) is 5.69 Å². The molecule has 0 bridgehead atoms. The number of ether oxygens (including phenoxy) is 1. The summed E-state index contributed by atoms with van der Waals surface area (Å²) in [5, 5.41) is 7.40. The number of piperidine rings is 1. The average Bonchev–Trinajstić information content (AvgIpc) is 2.61. The molecular weight excluding hydrogens is 362 g/mol. The predicted molar refractivity (Wildman–Crippen MR) is 92.4 cm³/mol. The molecule has 0 aromatic heterocycles. The maximum absolute atomic E-state index is 12.3. The van der Waals surface area contributed by atoms with Crippen molar-refractivity contribution in [2.45, 2.75) is 24.7 Å². The summed E-state index contributed by atoms with van der Waals surface area (Å²) in [6.45, 7) is 2.48. The van der Waals surface area contributed by atoms with Gasteiger partial charge in [0, 0.05) is 18.8 Å². The Kier molecular flexibility index (Phi) is 6.32. The first-order valence-electron chi connectivity index (χ1n) is 8.12. The second kappa shape index (κ2) is 8.28. The zero-order valence-corrected chi connectivity index (χ0v) is 15.1. The molecule has 142 valence electrons. The summed E-state index contributed by atoms with van der Waals surface area (Å²) in [6, 6.07) is 5.13. The zero-order valence-electron chi connectivity index (χ0n) is 14.3. The van der Waals surface area contributed by atoms with Crippen molar-refractivity contribution in [2.75, 3.05) is 25.0 Å². The Morgan fingerprint density at radius 1 is 1.27 bits per heavy atom. The highest BCUT2D eigenvalue weighted by Crippen LogP contribution is 2.19. The van der Waals surface area contributed by atoms with Crippen molar-refractivity contribution < 1.29 is 27.5 Å². The molecule has 0 saturated carbocycles. The van der Waals surface area contributed by atoms with Gasteiger partial charge in [0.1, 0.15) is 0 Å². The number of esters is 1. The topological polar surface area (TPSA) is 136 Å². The summed E-state index contributed by atoms with van der Waals surface area (Å²) in [4.78, 5) is 37.5. The Balaban J connectivity index is 1.98. The number of benzene rings is 1. The largest absolute Gasteiger partial charge is 0.466 e.